The first-order chi connectivity index (χ1) is 5.55. The molecule has 2 unspecified atom stereocenters. The second-order valence-electron chi connectivity index (χ2n) is 2.93. The number of ether oxygens (including phenoxy) is 1. The molecule has 0 aromatic rings. The van der Waals surface area contributed by atoms with Gasteiger partial charge in [0.2, 0.25) is 0 Å². The Labute approximate surface area is 69.1 Å². The molecule has 0 aromatic carbocycles. The highest BCUT2D eigenvalue weighted by atomic mass is 19.4. The molecule has 2 N–H and O–H groups in total. The Balaban J connectivity index is 2.54. The molecule has 1 heterocycles. The summed E-state index contributed by atoms with van der Waals surface area (Å²) in [4.78, 5) is 0. The van der Waals surface area contributed by atoms with Crippen LogP contribution in [0.2, 0.25) is 0 Å². The van der Waals surface area contributed by atoms with Crippen LogP contribution in [-0.4, -0.2) is 25.4 Å². The fourth-order valence-electron chi connectivity index (χ4n) is 1.43. The summed E-state index contributed by atoms with van der Waals surface area (Å²) >= 11 is 0. The van der Waals surface area contributed by atoms with E-state index in [1.165, 1.54) is 0 Å². The van der Waals surface area contributed by atoms with Crippen molar-refractivity contribution < 1.29 is 23.2 Å². The van der Waals surface area contributed by atoms with E-state index in [-0.39, 0.29) is 6.61 Å². The molecule has 0 amide bonds. The molecule has 0 bridgehead atoms. The molecule has 0 spiro atoms. The van der Waals surface area contributed by atoms with E-state index in [0.29, 0.717) is 13.0 Å². The lowest BCUT2D eigenvalue weighted by Gasteiger charge is -2.23. The molecule has 1 saturated heterocycles. The number of hydrogen-bond donors (Lipinski definition) is 1. The van der Waals surface area contributed by atoms with Gasteiger partial charge in [-0.05, 0) is 6.42 Å². The zero-order chi connectivity index (χ0) is 9.19. The second-order valence-corrected chi connectivity index (χ2v) is 2.93. The van der Waals surface area contributed by atoms with Crippen molar-refractivity contribution in [3.05, 3.63) is 7.05 Å². The summed E-state index contributed by atoms with van der Waals surface area (Å²) in [6.45, 7) is 0.640. The van der Waals surface area contributed by atoms with Gasteiger partial charge in [0.15, 0.2) is 6.04 Å². The minimum Gasteiger partial charge on any atom is -0.469 e. The van der Waals surface area contributed by atoms with Crippen LogP contribution in [0, 0.1) is 13.0 Å². The van der Waals surface area contributed by atoms with Crippen molar-refractivity contribution in [3.63, 3.8) is 0 Å². The maximum atomic E-state index is 12.2. The quantitative estimate of drug-likeness (QED) is 0.612. The molecule has 0 aromatic heterocycles. The van der Waals surface area contributed by atoms with Crippen molar-refractivity contribution in [2.45, 2.75) is 18.6 Å². The Bertz CT molecular complexity index is 142. The van der Waals surface area contributed by atoms with Gasteiger partial charge < -0.3 is 10.1 Å². The Kier molecular flexibility index (Phi) is 2.95. The zero-order valence-corrected chi connectivity index (χ0v) is 6.60. The van der Waals surface area contributed by atoms with Crippen LogP contribution in [0.5, 0.6) is 0 Å². The van der Waals surface area contributed by atoms with E-state index in [0.717, 1.165) is 5.32 Å². The van der Waals surface area contributed by atoms with Crippen molar-refractivity contribution in [3.8, 4) is 0 Å². The summed E-state index contributed by atoms with van der Waals surface area (Å²) in [5, 5.41) is 0.972. The molecule has 0 saturated carbocycles. The van der Waals surface area contributed by atoms with E-state index in [9.17, 15) is 13.2 Å². The maximum Gasteiger partial charge on any atom is 0.439 e. The number of rotatable bonds is 2. The monoisotopic (exact) mass is 183 g/mol. The van der Waals surface area contributed by atoms with Crippen LogP contribution < -0.4 is 5.32 Å². The molecule has 1 aliphatic rings. The minimum atomic E-state index is -4.17. The SMILES string of the molecule is [CH2-][NH2+]C(C1CCOC1)C(F)(F)F. The molecule has 2 atom stereocenters. The molecule has 1 aliphatic heterocycles. The van der Waals surface area contributed by atoms with E-state index < -0.39 is 18.1 Å². The van der Waals surface area contributed by atoms with Gasteiger partial charge in [-0.25, -0.2) is 0 Å². The van der Waals surface area contributed by atoms with E-state index in [1.807, 2.05) is 0 Å². The zero-order valence-electron chi connectivity index (χ0n) is 6.60. The summed E-state index contributed by atoms with van der Waals surface area (Å²) in [7, 11) is 3.20. The lowest BCUT2D eigenvalue weighted by atomic mass is 9.99. The first kappa shape index (κ1) is 9.80. The molecular formula is C7H12F3NO. The van der Waals surface area contributed by atoms with Crippen molar-refractivity contribution in [1.29, 1.82) is 0 Å². The van der Waals surface area contributed by atoms with Crippen LogP contribution >= 0.6 is 0 Å². The number of quaternary nitrogens is 1. The molecule has 5 heteroatoms. The molecular weight excluding hydrogens is 171 g/mol. The smallest absolute Gasteiger partial charge is 0.439 e. The maximum absolute atomic E-state index is 12.2. The third-order valence-corrected chi connectivity index (χ3v) is 2.10. The average Bonchev–Trinajstić information content (AvgIpc) is 2.38. The van der Waals surface area contributed by atoms with Gasteiger partial charge in [-0.2, -0.15) is 20.2 Å². The van der Waals surface area contributed by atoms with Crippen LogP contribution in [0.15, 0.2) is 0 Å². The largest absolute Gasteiger partial charge is 0.469 e. The minimum absolute atomic E-state index is 0.205. The normalized spacial score (nSPS) is 27.5. The highest BCUT2D eigenvalue weighted by molar-refractivity contribution is 4.77. The van der Waals surface area contributed by atoms with Crippen molar-refractivity contribution in [2.24, 2.45) is 5.92 Å². The first-order valence-electron chi connectivity index (χ1n) is 3.82. The van der Waals surface area contributed by atoms with Gasteiger partial charge in [-0.3, -0.25) is 0 Å². The Hall–Kier alpha value is -0.290. The number of hydrogen-bond acceptors (Lipinski definition) is 1. The number of halogens is 3. The van der Waals surface area contributed by atoms with E-state index in [2.05, 4.69) is 7.05 Å². The molecule has 1 rings (SSSR count). The van der Waals surface area contributed by atoms with Gasteiger partial charge in [0.1, 0.15) is 0 Å². The van der Waals surface area contributed by atoms with Gasteiger partial charge in [0.25, 0.3) is 0 Å². The summed E-state index contributed by atoms with van der Waals surface area (Å²) in [6.07, 6.45) is -3.68. The van der Waals surface area contributed by atoms with E-state index in [4.69, 9.17) is 4.74 Å². The van der Waals surface area contributed by atoms with Crippen LogP contribution in [0.25, 0.3) is 0 Å². The van der Waals surface area contributed by atoms with Gasteiger partial charge in [0, 0.05) is 12.5 Å². The second kappa shape index (κ2) is 3.62. The fraction of sp³-hybridized carbons (Fsp3) is 0.857. The Morgan fingerprint density at radius 2 is 2.17 bits per heavy atom. The summed E-state index contributed by atoms with van der Waals surface area (Å²) < 4.78 is 41.6. The molecule has 0 radical (unpaired) electrons. The van der Waals surface area contributed by atoms with E-state index in [1.54, 1.807) is 0 Å². The lowest BCUT2D eigenvalue weighted by Crippen LogP contribution is -2.89. The average molecular weight is 183 g/mol. The summed E-state index contributed by atoms with van der Waals surface area (Å²) in [5.41, 5.74) is 0. The van der Waals surface area contributed by atoms with Crippen molar-refractivity contribution in [1.82, 2.24) is 0 Å². The predicted octanol–water partition coefficient (Wildman–Crippen LogP) is 0.309. The standard InChI is InChI=1S/C7H12F3NO/c1-11-6(7(8,9)10)5-2-3-12-4-5/h5-6H,1-4,11H2. The number of nitrogens with two attached hydrogens (primary N) is 1. The Morgan fingerprint density at radius 3 is 2.50 bits per heavy atom. The van der Waals surface area contributed by atoms with Crippen molar-refractivity contribution in [2.75, 3.05) is 13.2 Å². The first-order valence-corrected chi connectivity index (χ1v) is 3.82. The van der Waals surface area contributed by atoms with Crippen LogP contribution in [0.4, 0.5) is 13.2 Å². The van der Waals surface area contributed by atoms with Gasteiger partial charge in [-0.1, -0.05) is 0 Å². The molecule has 12 heavy (non-hydrogen) atoms. The van der Waals surface area contributed by atoms with Crippen LogP contribution in [0.3, 0.4) is 0 Å². The third-order valence-electron chi connectivity index (χ3n) is 2.10. The summed E-state index contributed by atoms with van der Waals surface area (Å²) in [6, 6.07) is -1.40. The van der Waals surface area contributed by atoms with Crippen LogP contribution in [-0.2, 0) is 4.74 Å². The molecule has 2 nitrogen and oxygen atoms in total. The van der Waals surface area contributed by atoms with Gasteiger partial charge in [0.05, 0.1) is 6.61 Å². The molecule has 0 aliphatic carbocycles. The van der Waals surface area contributed by atoms with Crippen LogP contribution in [0.1, 0.15) is 6.42 Å². The lowest BCUT2D eigenvalue weighted by molar-refractivity contribution is -0.670. The number of alkyl halides is 3. The highest BCUT2D eigenvalue weighted by Crippen LogP contribution is 2.27. The fourth-order valence-corrected chi connectivity index (χ4v) is 1.43. The predicted molar refractivity (Wildman–Crippen MR) is 36.1 cm³/mol. The van der Waals surface area contributed by atoms with Gasteiger partial charge >= 0.3 is 6.18 Å². The van der Waals surface area contributed by atoms with E-state index >= 15 is 0 Å². The Morgan fingerprint density at radius 1 is 1.50 bits per heavy atom. The van der Waals surface area contributed by atoms with Crippen molar-refractivity contribution >= 4 is 0 Å². The highest BCUT2D eigenvalue weighted by Gasteiger charge is 2.46. The third kappa shape index (κ3) is 2.10. The molecule has 1 fully saturated rings. The molecule has 72 valence electrons. The van der Waals surface area contributed by atoms with Gasteiger partial charge in [-0.15, -0.1) is 0 Å². The summed E-state index contributed by atoms with van der Waals surface area (Å²) in [5.74, 6) is -0.428. The topological polar surface area (TPSA) is 25.8 Å².